The van der Waals surface area contributed by atoms with E-state index in [0.29, 0.717) is 6.54 Å². The standard InChI is InChI=1S/C12H14N2O2/c1-9(12(13)16)7-11(15)14-8-10-5-3-2-4-6-10/h2-7H,8H2,1H3,(H2,13,16)(H,14,15)/b9-7+. The SMILES string of the molecule is C/C(=C\C(=O)NCc1ccccc1)C(N)=O. The van der Waals surface area contributed by atoms with E-state index in [4.69, 9.17) is 5.73 Å². The molecule has 1 aromatic carbocycles. The van der Waals surface area contributed by atoms with Crippen molar-refractivity contribution >= 4 is 11.8 Å². The minimum absolute atomic E-state index is 0.241. The van der Waals surface area contributed by atoms with Gasteiger partial charge in [0.15, 0.2) is 0 Å². The van der Waals surface area contributed by atoms with E-state index in [1.54, 1.807) is 0 Å². The first-order valence-electron chi connectivity index (χ1n) is 4.89. The molecule has 1 rings (SSSR count). The van der Waals surface area contributed by atoms with Gasteiger partial charge in [-0.25, -0.2) is 0 Å². The number of carbonyl (C=O) groups excluding carboxylic acids is 2. The first-order chi connectivity index (χ1) is 7.59. The predicted octanol–water partition coefficient (Wildman–Crippen LogP) is 0.734. The lowest BCUT2D eigenvalue weighted by molar-refractivity contribution is -0.118. The number of hydrogen-bond acceptors (Lipinski definition) is 2. The van der Waals surface area contributed by atoms with Crippen LogP contribution >= 0.6 is 0 Å². The summed E-state index contributed by atoms with van der Waals surface area (Å²) >= 11 is 0. The number of hydrogen-bond donors (Lipinski definition) is 2. The maximum atomic E-state index is 11.3. The van der Waals surface area contributed by atoms with Gasteiger partial charge in [0.05, 0.1) is 0 Å². The van der Waals surface area contributed by atoms with Crippen LogP contribution in [0.3, 0.4) is 0 Å². The molecule has 0 heterocycles. The van der Waals surface area contributed by atoms with Crippen molar-refractivity contribution in [1.29, 1.82) is 0 Å². The number of nitrogens with one attached hydrogen (secondary N) is 1. The highest BCUT2D eigenvalue weighted by Crippen LogP contribution is 1.97. The first kappa shape index (κ1) is 12.0. The van der Waals surface area contributed by atoms with E-state index >= 15 is 0 Å². The van der Waals surface area contributed by atoms with E-state index in [-0.39, 0.29) is 11.5 Å². The third-order valence-corrected chi connectivity index (χ3v) is 2.05. The van der Waals surface area contributed by atoms with E-state index in [9.17, 15) is 9.59 Å². The van der Waals surface area contributed by atoms with Crippen LogP contribution in [0.25, 0.3) is 0 Å². The Morgan fingerprint density at radius 1 is 1.31 bits per heavy atom. The average Bonchev–Trinajstić information content (AvgIpc) is 2.27. The van der Waals surface area contributed by atoms with Crippen LogP contribution in [0, 0.1) is 0 Å². The van der Waals surface area contributed by atoms with Crippen molar-refractivity contribution in [2.45, 2.75) is 13.5 Å². The fourth-order valence-electron chi connectivity index (χ4n) is 1.10. The summed E-state index contributed by atoms with van der Waals surface area (Å²) in [6.45, 7) is 1.94. The molecular weight excluding hydrogens is 204 g/mol. The second-order valence-corrected chi connectivity index (χ2v) is 3.40. The molecule has 0 unspecified atom stereocenters. The van der Waals surface area contributed by atoms with Gasteiger partial charge < -0.3 is 11.1 Å². The molecule has 0 atom stereocenters. The minimum atomic E-state index is -0.588. The molecule has 0 bridgehead atoms. The third kappa shape index (κ3) is 3.96. The molecule has 16 heavy (non-hydrogen) atoms. The minimum Gasteiger partial charge on any atom is -0.366 e. The van der Waals surface area contributed by atoms with Gasteiger partial charge in [-0.15, -0.1) is 0 Å². The number of amides is 2. The molecule has 0 spiro atoms. The van der Waals surface area contributed by atoms with Crippen molar-refractivity contribution in [2.75, 3.05) is 0 Å². The summed E-state index contributed by atoms with van der Waals surface area (Å²) in [6.07, 6.45) is 1.20. The van der Waals surface area contributed by atoms with Crippen LogP contribution in [-0.2, 0) is 16.1 Å². The number of benzene rings is 1. The lowest BCUT2D eigenvalue weighted by atomic mass is 10.2. The molecule has 0 fully saturated rings. The summed E-state index contributed by atoms with van der Waals surface area (Å²) in [6, 6.07) is 9.51. The molecule has 0 aliphatic rings. The summed E-state index contributed by atoms with van der Waals surface area (Å²) < 4.78 is 0. The molecule has 4 heteroatoms. The molecule has 0 aliphatic carbocycles. The molecule has 3 N–H and O–H groups in total. The van der Waals surface area contributed by atoms with Crippen LogP contribution in [0.5, 0.6) is 0 Å². The van der Waals surface area contributed by atoms with Crippen LogP contribution in [0.15, 0.2) is 42.0 Å². The van der Waals surface area contributed by atoms with Crippen molar-refractivity contribution in [3.05, 3.63) is 47.5 Å². The topological polar surface area (TPSA) is 72.2 Å². The zero-order chi connectivity index (χ0) is 12.0. The maximum Gasteiger partial charge on any atom is 0.244 e. The second-order valence-electron chi connectivity index (χ2n) is 3.40. The van der Waals surface area contributed by atoms with E-state index in [2.05, 4.69) is 5.32 Å². The first-order valence-corrected chi connectivity index (χ1v) is 4.89. The predicted molar refractivity (Wildman–Crippen MR) is 61.2 cm³/mol. The summed E-state index contributed by atoms with van der Waals surface area (Å²) in [5.41, 5.74) is 6.25. The monoisotopic (exact) mass is 218 g/mol. The van der Waals surface area contributed by atoms with Gasteiger partial charge in [-0.1, -0.05) is 30.3 Å². The highest BCUT2D eigenvalue weighted by atomic mass is 16.2. The Morgan fingerprint density at radius 3 is 2.50 bits per heavy atom. The molecule has 0 radical (unpaired) electrons. The lowest BCUT2D eigenvalue weighted by Crippen LogP contribution is -2.22. The van der Waals surface area contributed by atoms with Crippen molar-refractivity contribution in [1.82, 2.24) is 5.32 Å². The van der Waals surface area contributed by atoms with Gasteiger partial charge in [0.2, 0.25) is 11.8 Å². The molecule has 0 saturated carbocycles. The summed E-state index contributed by atoms with van der Waals surface area (Å²) in [4.78, 5) is 22.0. The Kier molecular flexibility index (Phi) is 4.27. The normalized spacial score (nSPS) is 10.9. The van der Waals surface area contributed by atoms with Crippen LogP contribution in [-0.4, -0.2) is 11.8 Å². The van der Waals surface area contributed by atoms with E-state index in [0.717, 1.165) is 5.56 Å². The molecule has 4 nitrogen and oxygen atoms in total. The largest absolute Gasteiger partial charge is 0.366 e. The molecule has 0 aliphatic heterocycles. The molecule has 0 saturated heterocycles. The number of carbonyl (C=O) groups is 2. The van der Waals surface area contributed by atoms with Gasteiger partial charge in [-0.05, 0) is 12.5 Å². The highest BCUT2D eigenvalue weighted by Gasteiger charge is 2.01. The molecule has 84 valence electrons. The fourth-order valence-corrected chi connectivity index (χ4v) is 1.10. The Labute approximate surface area is 94.1 Å². The Morgan fingerprint density at radius 2 is 1.94 bits per heavy atom. The summed E-state index contributed by atoms with van der Waals surface area (Å²) in [5.74, 6) is -0.907. The zero-order valence-electron chi connectivity index (χ0n) is 9.07. The number of primary amides is 1. The third-order valence-electron chi connectivity index (χ3n) is 2.05. The van der Waals surface area contributed by atoms with Crippen LogP contribution in [0.4, 0.5) is 0 Å². The second kappa shape index (κ2) is 5.70. The molecule has 2 amide bonds. The van der Waals surface area contributed by atoms with Crippen molar-refractivity contribution in [3.8, 4) is 0 Å². The smallest absolute Gasteiger partial charge is 0.244 e. The van der Waals surface area contributed by atoms with E-state index in [1.165, 1.54) is 13.0 Å². The number of nitrogens with two attached hydrogens (primary N) is 1. The number of rotatable bonds is 4. The zero-order valence-corrected chi connectivity index (χ0v) is 9.07. The Balaban J connectivity index is 2.48. The van der Waals surface area contributed by atoms with Crippen LogP contribution in [0.1, 0.15) is 12.5 Å². The van der Waals surface area contributed by atoms with E-state index in [1.807, 2.05) is 30.3 Å². The fraction of sp³-hybridized carbons (Fsp3) is 0.167. The Bertz CT molecular complexity index is 410. The van der Waals surface area contributed by atoms with Gasteiger partial charge in [0, 0.05) is 18.2 Å². The molecular formula is C12H14N2O2. The lowest BCUT2D eigenvalue weighted by Gasteiger charge is -2.02. The average molecular weight is 218 g/mol. The van der Waals surface area contributed by atoms with Crippen molar-refractivity contribution < 1.29 is 9.59 Å². The van der Waals surface area contributed by atoms with Gasteiger partial charge >= 0.3 is 0 Å². The van der Waals surface area contributed by atoms with Crippen molar-refractivity contribution in [3.63, 3.8) is 0 Å². The summed E-state index contributed by atoms with van der Waals surface area (Å²) in [7, 11) is 0. The highest BCUT2D eigenvalue weighted by molar-refractivity contribution is 5.99. The van der Waals surface area contributed by atoms with E-state index < -0.39 is 5.91 Å². The summed E-state index contributed by atoms with van der Waals surface area (Å²) in [5, 5.41) is 2.66. The maximum absolute atomic E-state index is 11.3. The van der Waals surface area contributed by atoms with Crippen LogP contribution < -0.4 is 11.1 Å². The van der Waals surface area contributed by atoms with Crippen LogP contribution in [0.2, 0.25) is 0 Å². The quantitative estimate of drug-likeness (QED) is 0.731. The molecule has 1 aromatic rings. The van der Waals surface area contributed by atoms with Gasteiger partial charge in [0.25, 0.3) is 0 Å². The molecule has 0 aromatic heterocycles. The van der Waals surface area contributed by atoms with Crippen molar-refractivity contribution in [2.24, 2.45) is 5.73 Å². The van der Waals surface area contributed by atoms with Gasteiger partial charge in [-0.2, -0.15) is 0 Å². The van der Waals surface area contributed by atoms with Gasteiger partial charge in [-0.3, -0.25) is 9.59 Å². The Hall–Kier alpha value is -2.10. The van der Waals surface area contributed by atoms with Gasteiger partial charge in [0.1, 0.15) is 0 Å².